The Labute approximate surface area is 169 Å². The lowest BCUT2D eigenvalue weighted by Gasteiger charge is -2.19. The number of ether oxygens (including phenoxy) is 1. The predicted molar refractivity (Wildman–Crippen MR) is 108 cm³/mol. The molecule has 0 atom stereocenters. The summed E-state index contributed by atoms with van der Waals surface area (Å²) in [5, 5.41) is 7.83. The van der Waals surface area contributed by atoms with E-state index in [-0.39, 0.29) is 21.2 Å². The van der Waals surface area contributed by atoms with Crippen molar-refractivity contribution < 1.29 is 13.2 Å². The number of rotatable bonds is 4. The van der Waals surface area contributed by atoms with Crippen LogP contribution in [0.4, 0.5) is 5.82 Å². The van der Waals surface area contributed by atoms with Crippen molar-refractivity contribution in [3.8, 4) is 11.4 Å². The molecule has 0 aliphatic rings. The average molecular weight is 421 g/mol. The quantitative estimate of drug-likeness (QED) is 0.691. The number of aromatic nitrogens is 3. The van der Waals surface area contributed by atoms with E-state index in [1.54, 1.807) is 42.5 Å². The Hall–Kier alpha value is -2.58. The Bertz CT molecular complexity index is 1120. The van der Waals surface area contributed by atoms with Crippen LogP contribution in [-0.4, -0.2) is 30.5 Å². The highest BCUT2D eigenvalue weighted by Crippen LogP contribution is 2.31. The maximum atomic E-state index is 13.0. The third-order valence-corrected chi connectivity index (χ3v) is 6.25. The van der Waals surface area contributed by atoms with Crippen molar-refractivity contribution in [3.05, 3.63) is 53.1 Å². The van der Waals surface area contributed by atoms with Gasteiger partial charge in [-0.2, -0.15) is 4.68 Å². The molecule has 0 aliphatic heterocycles. The van der Waals surface area contributed by atoms with Crippen molar-refractivity contribution in [1.82, 2.24) is 15.0 Å². The fourth-order valence-electron chi connectivity index (χ4n) is 2.72. The second-order valence-electron chi connectivity index (χ2n) is 7.29. The normalized spacial score (nSPS) is 12.2. The van der Waals surface area contributed by atoms with Crippen molar-refractivity contribution in [2.24, 2.45) is 0 Å². The van der Waals surface area contributed by atoms with Crippen LogP contribution in [0.25, 0.3) is 5.69 Å². The van der Waals surface area contributed by atoms with Gasteiger partial charge in [-0.1, -0.05) is 49.7 Å². The largest absolute Gasteiger partial charge is 0.494 e. The fourth-order valence-corrected chi connectivity index (χ4v) is 4.11. The Balaban J connectivity index is 2.07. The summed E-state index contributed by atoms with van der Waals surface area (Å²) in [7, 11) is -2.46. The molecule has 0 radical (unpaired) electrons. The number of anilines is 1. The first-order valence-electron chi connectivity index (χ1n) is 8.46. The van der Waals surface area contributed by atoms with Gasteiger partial charge in [-0.15, -0.1) is 5.10 Å². The van der Waals surface area contributed by atoms with Gasteiger partial charge in [0.25, 0.3) is 0 Å². The topological polar surface area (TPSA) is 100 Å². The van der Waals surface area contributed by atoms with E-state index in [0.29, 0.717) is 16.5 Å². The molecule has 9 heteroatoms. The number of nitrogen functional groups attached to an aromatic ring is 1. The first kappa shape index (κ1) is 20.2. The van der Waals surface area contributed by atoms with E-state index in [1.165, 1.54) is 11.8 Å². The zero-order chi connectivity index (χ0) is 20.7. The van der Waals surface area contributed by atoms with Gasteiger partial charge in [-0.05, 0) is 41.3 Å². The van der Waals surface area contributed by atoms with E-state index in [2.05, 4.69) is 31.1 Å². The molecule has 0 spiro atoms. The van der Waals surface area contributed by atoms with Crippen LogP contribution >= 0.6 is 11.6 Å². The zero-order valence-electron chi connectivity index (χ0n) is 16.0. The van der Waals surface area contributed by atoms with Gasteiger partial charge in [0.1, 0.15) is 11.4 Å². The Morgan fingerprint density at radius 2 is 1.75 bits per heavy atom. The molecular weight excluding hydrogens is 400 g/mol. The smallest absolute Gasteiger partial charge is 0.229 e. The molecule has 0 bridgehead atoms. The summed E-state index contributed by atoms with van der Waals surface area (Å²) < 4.78 is 32.5. The van der Waals surface area contributed by atoms with Crippen LogP contribution < -0.4 is 10.5 Å². The lowest BCUT2D eigenvalue weighted by atomic mass is 9.87. The second kappa shape index (κ2) is 7.10. The zero-order valence-corrected chi connectivity index (χ0v) is 17.5. The number of hydrogen-bond acceptors (Lipinski definition) is 6. The molecule has 0 saturated carbocycles. The van der Waals surface area contributed by atoms with Gasteiger partial charge in [-0.3, -0.25) is 0 Å². The van der Waals surface area contributed by atoms with E-state index in [0.717, 1.165) is 5.56 Å². The number of sulfone groups is 1. The van der Waals surface area contributed by atoms with Crippen LogP contribution in [-0.2, 0) is 15.3 Å². The standard InChI is InChI=1S/C19H21ClN4O3S/c1-19(2,3)12-5-8-14(9-6-12)28(25,26)18-17(21)24(23-22-18)15-11-13(20)7-10-16(15)27-4/h5-11H,21H2,1-4H3. The van der Waals surface area contributed by atoms with Gasteiger partial charge in [0.05, 0.1) is 12.0 Å². The maximum Gasteiger partial charge on any atom is 0.229 e. The molecule has 0 unspecified atom stereocenters. The Kier molecular flexibility index (Phi) is 5.12. The van der Waals surface area contributed by atoms with Crippen molar-refractivity contribution in [2.45, 2.75) is 36.1 Å². The molecule has 0 saturated heterocycles. The molecule has 0 fully saturated rings. The molecule has 0 aliphatic carbocycles. The molecule has 148 valence electrons. The highest BCUT2D eigenvalue weighted by molar-refractivity contribution is 7.91. The van der Waals surface area contributed by atoms with Crippen molar-refractivity contribution in [1.29, 1.82) is 0 Å². The summed E-state index contributed by atoms with van der Waals surface area (Å²) >= 11 is 6.04. The second-order valence-corrected chi connectivity index (χ2v) is 9.59. The highest BCUT2D eigenvalue weighted by Gasteiger charge is 2.28. The van der Waals surface area contributed by atoms with E-state index in [9.17, 15) is 8.42 Å². The number of hydrogen-bond donors (Lipinski definition) is 1. The third-order valence-electron chi connectivity index (χ3n) is 4.33. The van der Waals surface area contributed by atoms with E-state index in [1.807, 2.05) is 0 Å². The van der Waals surface area contributed by atoms with Gasteiger partial charge in [-0.25, -0.2) is 8.42 Å². The van der Waals surface area contributed by atoms with E-state index >= 15 is 0 Å². The van der Waals surface area contributed by atoms with Gasteiger partial charge in [0.2, 0.25) is 14.9 Å². The number of halogens is 1. The van der Waals surface area contributed by atoms with E-state index < -0.39 is 9.84 Å². The monoisotopic (exact) mass is 420 g/mol. The summed E-state index contributed by atoms with van der Waals surface area (Å²) in [4.78, 5) is 0.0947. The van der Waals surface area contributed by atoms with Gasteiger partial charge < -0.3 is 10.5 Å². The van der Waals surface area contributed by atoms with Crippen LogP contribution in [0.1, 0.15) is 26.3 Å². The molecule has 2 aromatic carbocycles. The highest BCUT2D eigenvalue weighted by atomic mass is 35.5. The lowest BCUT2D eigenvalue weighted by molar-refractivity contribution is 0.411. The number of benzene rings is 2. The van der Waals surface area contributed by atoms with Crippen LogP contribution in [0.2, 0.25) is 5.02 Å². The minimum atomic E-state index is -3.94. The van der Waals surface area contributed by atoms with Gasteiger partial charge in [0, 0.05) is 5.02 Å². The summed E-state index contributed by atoms with van der Waals surface area (Å²) in [6, 6.07) is 11.5. The van der Waals surface area contributed by atoms with Crippen molar-refractivity contribution in [2.75, 3.05) is 12.8 Å². The van der Waals surface area contributed by atoms with Gasteiger partial charge in [0.15, 0.2) is 5.82 Å². The predicted octanol–water partition coefficient (Wildman–Crippen LogP) is 3.64. The number of methoxy groups -OCH3 is 1. The summed E-state index contributed by atoms with van der Waals surface area (Å²) in [6.45, 7) is 6.16. The van der Waals surface area contributed by atoms with Crippen molar-refractivity contribution in [3.63, 3.8) is 0 Å². The van der Waals surface area contributed by atoms with Crippen LogP contribution in [0.3, 0.4) is 0 Å². The molecule has 1 aromatic heterocycles. The molecule has 3 aromatic rings. The molecular formula is C19H21ClN4O3S. The number of nitrogens with zero attached hydrogens (tertiary/aromatic N) is 3. The molecule has 0 amide bonds. The SMILES string of the molecule is COc1ccc(Cl)cc1-n1nnc(S(=O)(=O)c2ccc(C(C)(C)C)cc2)c1N. The maximum absolute atomic E-state index is 13.0. The Morgan fingerprint density at radius 3 is 2.32 bits per heavy atom. The lowest BCUT2D eigenvalue weighted by Crippen LogP contribution is -2.12. The molecule has 28 heavy (non-hydrogen) atoms. The van der Waals surface area contributed by atoms with E-state index in [4.69, 9.17) is 22.1 Å². The minimum absolute atomic E-state index is 0.0897. The summed E-state index contributed by atoms with van der Waals surface area (Å²) in [5.41, 5.74) is 7.42. The summed E-state index contributed by atoms with van der Waals surface area (Å²) in [6.07, 6.45) is 0. The molecule has 1 heterocycles. The Morgan fingerprint density at radius 1 is 1.11 bits per heavy atom. The summed E-state index contributed by atoms with van der Waals surface area (Å²) in [5.74, 6) is 0.306. The van der Waals surface area contributed by atoms with Crippen molar-refractivity contribution >= 4 is 27.3 Å². The average Bonchev–Trinajstić information content (AvgIpc) is 3.03. The van der Waals surface area contributed by atoms with Gasteiger partial charge >= 0.3 is 0 Å². The van der Waals surface area contributed by atoms with Crippen LogP contribution in [0.15, 0.2) is 52.4 Å². The minimum Gasteiger partial charge on any atom is -0.494 e. The first-order chi connectivity index (χ1) is 13.1. The van der Waals surface area contributed by atoms with Crippen LogP contribution in [0, 0.1) is 0 Å². The first-order valence-corrected chi connectivity index (χ1v) is 10.3. The molecule has 2 N–H and O–H groups in total. The molecule has 3 rings (SSSR count). The fraction of sp³-hybridized carbons (Fsp3) is 0.263. The van der Waals surface area contributed by atoms with Crippen LogP contribution in [0.5, 0.6) is 5.75 Å². The third kappa shape index (κ3) is 3.57. The number of nitrogens with two attached hydrogens (primary N) is 1. The molecule has 7 nitrogen and oxygen atoms in total.